The van der Waals surface area contributed by atoms with Crippen LogP contribution in [0.1, 0.15) is 49.6 Å². The Morgan fingerprint density at radius 3 is 2.59 bits per heavy atom. The number of unbranched alkanes of at least 4 members (excludes halogenated alkanes) is 1. The molecule has 0 aliphatic heterocycles. The first kappa shape index (κ1) is 19.6. The molecule has 0 amide bonds. The molecule has 1 unspecified atom stereocenters. The SMILES string of the molecule is C=Cc1ccc2c(-c3ccc(Cl)cc3)c(C(C)OCCCC)c(C)cc2n1. The number of nitrogens with zero attached hydrogens (tertiary/aromatic N) is 1. The van der Waals surface area contributed by atoms with Crippen molar-refractivity contribution in [3.63, 3.8) is 0 Å². The Labute approximate surface area is 166 Å². The molecule has 3 rings (SSSR count). The number of hydrogen-bond acceptors (Lipinski definition) is 2. The predicted octanol–water partition coefficient (Wildman–Crippen LogP) is 7.38. The molecule has 27 heavy (non-hydrogen) atoms. The molecule has 0 saturated carbocycles. The van der Waals surface area contributed by atoms with Crippen LogP contribution in [0.4, 0.5) is 0 Å². The van der Waals surface area contributed by atoms with Crippen LogP contribution >= 0.6 is 11.6 Å². The first-order valence-electron chi connectivity index (χ1n) is 9.49. The minimum Gasteiger partial charge on any atom is -0.374 e. The van der Waals surface area contributed by atoms with Gasteiger partial charge in [-0.2, -0.15) is 0 Å². The molecule has 3 aromatic rings. The van der Waals surface area contributed by atoms with Crippen molar-refractivity contribution in [1.82, 2.24) is 4.98 Å². The number of benzene rings is 2. The number of pyridine rings is 1. The lowest BCUT2D eigenvalue weighted by Crippen LogP contribution is -2.06. The Balaban J connectivity index is 2.23. The zero-order chi connectivity index (χ0) is 19.4. The molecule has 2 aromatic carbocycles. The summed E-state index contributed by atoms with van der Waals surface area (Å²) in [5, 5.41) is 1.85. The molecule has 140 valence electrons. The van der Waals surface area contributed by atoms with Gasteiger partial charge < -0.3 is 4.74 Å². The second-order valence-corrected chi connectivity index (χ2v) is 7.30. The Hall–Kier alpha value is -2.16. The molecular formula is C24H26ClNO. The van der Waals surface area contributed by atoms with E-state index >= 15 is 0 Å². The molecule has 0 N–H and O–H groups in total. The van der Waals surface area contributed by atoms with Crippen molar-refractivity contribution in [1.29, 1.82) is 0 Å². The van der Waals surface area contributed by atoms with Crippen molar-refractivity contribution in [2.45, 2.75) is 39.7 Å². The van der Waals surface area contributed by atoms with Gasteiger partial charge in [0.1, 0.15) is 0 Å². The fraction of sp³-hybridized carbons (Fsp3) is 0.292. The smallest absolute Gasteiger partial charge is 0.0805 e. The summed E-state index contributed by atoms with van der Waals surface area (Å²) in [7, 11) is 0. The van der Waals surface area contributed by atoms with Gasteiger partial charge in [-0.25, -0.2) is 4.98 Å². The molecule has 0 spiro atoms. The zero-order valence-electron chi connectivity index (χ0n) is 16.3. The molecule has 0 fully saturated rings. The lowest BCUT2D eigenvalue weighted by Gasteiger charge is -2.22. The molecule has 0 bridgehead atoms. The maximum Gasteiger partial charge on any atom is 0.0805 e. The van der Waals surface area contributed by atoms with Gasteiger partial charge in [-0.1, -0.05) is 49.7 Å². The molecule has 0 radical (unpaired) electrons. The number of aryl methyl sites for hydroxylation is 1. The zero-order valence-corrected chi connectivity index (χ0v) is 17.0. The lowest BCUT2D eigenvalue weighted by molar-refractivity contribution is 0.0637. The third kappa shape index (κ3) is 4.23. The summed E-state index contributed by atoms with van der Waals surface area (Å²) < 4.78 is 6.17. The normalized spacial score (nSPS) is 12.3. The van der Waals surface area contributed by atoms with Crippen LogP contribution in [-0.4, -0.2) is 11.6 Å². The first-order chi connectivity index (χ1) is 13.0. The van der Waals surface area contributed by atoms with E-state index in [1.807, 2.05) is 18.2 Å². The van der Waals surface area contributed by atoms with Crippen LogP contribution < -0.4 is 0 Å². The highest BCUT2D eigenvalue weighted by atomic mass is 35.5. The van der Waals surface area contributed by atoms with E-state index in [0.717, 1.165) is 46.6 Å². The summed E-state index contributed by atoms with van der Waals surface area (Å²) in [5.74, 6) is 0. The highest BCUT2D eigenvalue weighted by Gasteiger charge is 2.19. The molecule has 0 aliphatic rings. The lowest BCUT2D eigenvalue weighted by atomic mass is 9.89. The molecular weight excluding hydrogens is 354 g/mol. The van der Waals surface area contributed by atoms with E-state index in [4.69, 9.17) is 21.3 Å². The van der Waals surface area contributed by atoms with Crippen LogP contribution in [0.2, 0.25) is 5.02 Å². The number of fused-ring (bicyclic) bond motifs is 1. The van der Waals surface area contributed by atoms with Gasteiger partial charge in [0.05, 0.1) is 17.3 Å². The number of ether oxygens (including phenoxy) is 1. The summed E-state index contributed by atoms with van der Waals surface area (Å²) in [4.78, 5) is 4.75. The fourth-order valence-electron chi connectivity index (χ4n) is 3.49. The molecule has 0 aliphatic carbocycles. The standard InChI is InChI=1S/C24H26ClNO/c1-5-7-14-27-17(4)23-16(3)15-22-21(13-12-20(6-2)26-22)24(23)18-8-10-19(25)11-9-18/h6,8-13,15,17H,2,5,7,14H2,1,3-4H3. The second-order valence-electron chi connectivity index (χ2n) is 6.86. The van der Waals surface area contributed by atoms with E-state index in [1.54, 1.807) is 6.08 Å². The quantitative estimate of drug-likeness (QED) is 0.399. The third-order valence-corrected chi connectivity index (χ3v) is 5.13. The maximum absolute atomic E-state index is 6.17. The average molecular weight is 380 g/mol. The van der Waals surface area contributed by atoms with E-state index in [1.165, 1.54) is 16.7 Å². The first-order valence-corrected chi connectivity index (χ1v) is 9.87. The van der Waals surface area contributed by atoms with Gasteiger partial charge in [-0.05, 0) is 72.9 Å². The van der Waals surface area contributed by atoms with Crippen LogP contribution in [0.15, 0.2) is 49.0 Å². The van der Waals surface area contributed by atoms with Gasteiger partial charge in [0.15, 0.2) is 0 Å². The topological polar surface area (TPSA) is 22.1 Å². The Morgan fingerprint density at radius 1 is 1.19 bits per heavy atom. The van der Waals surface area contributed by atoms with Gasteiger partial charge >= 0.3 is 0 Å². The van der Waals surface area contributed by atoms with E-state index in [0.29, 0.717) is 0 Å². The summed E-state index contributed by atoms with van der Waals surface area (Å²) >= 11 is 6.13. The van der Waals surface area contributed by atoms with Gasteiger partial charge in [0.2, 0.25) is 0 Å². The maximum atomic E-state index is 6.17. The largest absolute Gasteiger partial charge is 0.374 e. The summed E-state index contributed by atoms with van der Waals surface area (Å²) in [6.07, 6.45) is 3.98. The highest BCUT2D eigenvalue weighted by molar-refractivity contribution is 6.30. The number of rotatable bonds is 7. The second kappa shape index (κ2) is 8.69. The van der Waals surface area contributed by atoms with Crippen molar-refractivity contribution in [2.24, 2.45) is 0 Å². The van der Waals surface area contributed by atoms with Crippen molar-refractivity contribution < 1.29 is 4.74 Å². The van der Waals surface area contributed by atoms with Crippen molar-refractivity contribution in [3.8, 4) is 11.1 Å². The van der Waals surface area contributed by atoms with Gasteiger partial charge in [0, 0.05) is 17.0 Å². The minimum atomic E-state index is 0.00529. The number of hydrogen-bond donors (Lipinski definition) is 0. The van der Waals surface area contributed by atoms with Gasteiger partial charge in [-0.15, -0.1) is 0 Å². The van der Waals surface area contributed by atoms with Crippen LogP contribution in [0.3, 0.4) is 0 Å². The molecule has 1 heterocycles. The Morgan fingerprint density at radius 2 is 1.93 bits per heavy atom. The monoisotopic (exact) mass is 379 g/mol. The van der Waals surface area contributed by atoms with E-state index < -0.39 is 0 Å². The summed E-state index contributed by atoms with van der Waals surface area (Å²) in [6, 6.07) is 14.3. The van der Waals surface area contributed by atoms with Crippen molar-refractivity contribution >= 4 is 28.6 Å². The molecule has 1 atom stereocenters. The van der Waals surface area contributed by atoms with Crippen LogP contribution in [0, 0.1) is 6.92 Å². The minimum absolute atomic E-state index is 0.00529. The Kier molecular flexibility index (Phi) is 6.30. The number of aromatic nitrogens is 1. The summed E-state index contributed by atoms with van der Waals surface area (Å²) in [5.41, 5.74) is 6.55. The van der Waals surface area contributed by atoms with Crippen molar-refractivity contribution in [3.05, 3.63) is 70.9 Å². The summed E-state index contributed by atoms with van der Waals surface area (Å²) in [6.45, 7) is 11.1. The molecule has 1 aromatic heterocycles. The predicted molar refractivity (Wildman–Crippen MR) is 116 cm³/mol. The molecule has 2 nitrogen and oxygen atoms in total. The molecule has 3 heteroatoms. The molecule has 0 saturated heterocycles. The van der Waals surface area contributed by atoms with Crippen LogP contribution in [0.5, 0.6) is 0 Å². The van der Waals surface area contributed by atoms with Gasteiger partial charge in [-0.3, -0.25) is 0 Å². The van der Waals surface area contributed by atoms with E-state index in [9.17, 15) is 0 Å². The fourth-order valence-corrected chi connectivity index (χ4v) is 3.62. The van der Waals surface area contributed by atoms with Crippen molar-refractivity contribution in [2.75, 3.05) is 6.61 Å². The van der Waals surface area contributed by atoms with E-state index in [-0.39, 0.29) is 6.10 Å². The highest BCUT2D eigenvalue weighted by Crippen LogP contribution is 2.39. The van der Waals surface area contributed by atoms with Crippen LogP contribution in [0.25, 0.3) is 28.1 Å². The van der Waals surface area contributed by atoms with Gasteiger partial charge in [0.25, 0.3) is 0 Å². The number of halogens is 1. The van der Waals surface area contributed by atoms with E-state index in [2.05, 4.69) is 51.6 Å². The van der Waals surface area contributed by atoms with Crippen LogP contribution in [-0.2, 0) is 4.74 Å². The third-order valence-electron chi connectivity index (χ3n) is 4.88. The average Bonchev–Trinajstić information content (AvgIpc) is 2.67. The Bertz CT molecular complexity index is 947.